The molecule has 1 saturated heterocycles. The van der Waals surface area contributed by atoms with E-state index in [2.05, 4.69) is 0 Å². The van der Waals surface area contributed by atoms with Gasteiger partial charge in [0.15, 0.2) is 9.84 Å². The minimum Gasteiger partial charge on any atom is -0.480 e. The summed E-state index contributed by atoms with van der Waals surface area (Å²) in [5, 5.41) is 8.70. The lowest BCUT2D eigenvalue weighted by Crippen LogP contribution is -2.44. The second kappa shape index (κ2) is 6.31. The van der Waals surface area contributed by atoms with Gasteiger partial charge in [-0.1, -0.05) is 12.8 Å². The van der Waals surface area contributed by atoms with E-state index in [4.69, 9.17) is 9.84 Å². The summed E-state index contributed by atoms with van der Waals surface area (Å²) >= 11 is 0. The number of rotatable bonds is 5. The Balaban J connectivity index is 2.06. The minimum absolute atomic E-state index is 0.131. The first-order chi connectivity index (χ1) is 9.85. The number of amides is 1. The van der Waals surface area contributed by atoms with Gasteiger partial charge < -0.3 is 14.7 Å². The Hall–Kier alpha value is -1.15. The predicted octanol–water partition coefficient (Wildman–Crippen LogP) is 0.0443. The van der Waals surface area contributed by atoms with Crippen molar-refractivity contribution < 1.29 is 27.9 Å². The summed E-state index contributed by atoms with van der Waals surface area (Å²) in [4.78, 5) is 24.6. The van der Waals surface area contributed by atoms with Crippen molar-refractivity contribution in [2.24, 2.45) is 0 Å². The SMILES string of the molecule is COC1CC(C(=O)O)N(C(=O)CS(=O)(=O)C2CCCC2)C1. The van der Waals surface area contributed by atoms with Crippen LogP contribution >= 0.6 is 0 Å². The highest BCUT2D eigenvalue weighted by Gasteiger charge is 2.42. The Labute approximate surface area is 124 Å². The van der Waals surface area contributed by atoms with Gasteiger partial charge in [0.05, 0.1) is 11.4 Å². The molecule has 8 heteroatoms. The normalized spacial score (nSPS) is 27.2. The molecule has 0 aromatic carbocycles. The average molecular weight is 319 g/mol. The molecular formula is C13H21NO6S. The molecule has 1 aliphatic heterocycles. The fourth-order valence-corrected chi connectivity index (χ4v) is 4.90. The Morgan fingerprint density at radius 2 is 1.90 bits per heavy atom. The van der Waals surface area contributed by atoms with Crippen LogP contribution in [-0.2, 0) is 24.2 Å². The van der Waals surface area contributed by atoms with Crippen molar-refractivity contribution in [3.63, 3.8) is 0 Å². The maximum atomic E-state index is 12.2. The van der Waals surface area contributed by atoms with Crippen molar-refractivity contribution in [1.29, 1.82) is 0 Å². The number of carbonyl (C=O) groups is 2. The summed E-state index contributed by atoms with van der Waals surface area (Å²) in [7, 11) is -2.04. The molecule has 0 spiro atoms. The van der Waals surface area contributed by atoms with Gasteiger partial charge in [-0.25, -0.2) is 13.2 Å². The van der Waals surface area contributed by atoms with Crippen molar-refractivity contribution in [3.05, 3.63) is 0 Å². The van der Waals surface area contributed by atoms with Gasteiger partial charge in [0.2, 0.25) is 5.91 Å². The van der Waals surface area contributed by atoms with E-state index >= 15 is 0 Å². The van der Waals surface area contributed by atoms with Gasteiger partial charge in [-0.05, 0) is 12.8 Å². The summed E-state index contributed by atoms with van der Waals surface area (Å²) in [5.41, 5.74) is 0. The van der Waals surface area contributed by atoms with Crippen LogP contribution < -0.4 is 0 Å². The zero-order valence-corrected chi connectivity index (χ0v) is 12.8. The molecule has 120 valence electrons. The monoisotopic (exact) mass is 319 g/mol. The molecule has 0 aromatic rings. The predicted molar refractivity (Wildman–Crippen MR) is 74.6 cm³/mol. The number of methoxy groups -OCH3 is 1. The number of likely N-dealkylation sites (tertiary alicyclic amines) is 1. The maximum Gasteiger partial charge on any atom is 0.326 e. The number of carboxylic acid groups (broad SMARTS) is 1. The molecule has 2 atom stereocenters. The first-order valence-electron chi connectivity index (χ1n) is 7.12. The standard InChI is InChI=1S/C13H21NO6S/c1-20-9-6-11(13(16)17)14(7-9)12(15)8-21(18,19)10-4-2-3-5-10/h9-11H,2-8H2,1H3,(H,16,17). The molecule has 2 unspecified atom stereocenters. The van der Waals surface area contributed by atoms with Crippen molar-refractivity contribution in [1.82, 2.24) is 4.90 Å². The molecule has 2 rings (SSSR count). The smallest absolute Gasteiger partial charge is 0.326 e. The molecule has 1 N–H and O–H groups in total. The van der Waals surface area contributed by atoms with Gasteiger partial charge in [-0.15, -0.1) is 0 Å². The first kappa shape index (κ1) is 16.2. The average Bonchev–Trinajstić information content (AvgIpc) is 3.07. The van der Waals surface area contributed by atoms with Gasteiger partial charge in [0.1, 0.15) is 11.8 Å². The number of carboxylic acids is 1. The van der Waals surface area contributed by atoms with Crippen molar-refractivity contribution in [3.8, 4) is 0 Å². The zero-order chi connectivity index (χ0) is 15.6. The molecule has 1 amide bonds. The number of sulfone groups is 1. The van der Waals surface area contributed by atoms with Crippen LogP contribution in [0.2, 0.25) is 0 Å². The number of ether oxygens (including phenoxy) is 1. The number of nitrogens with zero attached hydrogens (tertiary/aromatic N) is 1. The summed E-state index contributed by atoms with van der Waals surface area (Å²) in [6, 6.07) is -0.999. The first-order valence-corrected chi connectivity index (χ1v) is 8.83. The van der Waals surface area contributed by atoms with E-state index in [1.54, 1.807) is 0 Å². The molecule has 0 aromatic heterocycles. The van der Waals surface area contributed by atoms with Crippen LogP contribution in [0.25, 0.3) is 0 Å². The number of hydrogen-bond donors (Lipinski definition) is 1. The van der Waals surface area contributed by atoms with Gasteiger partial charge in [-0.3, -0.25) is 4.79 Å². The van der Waals surface area contributed by atoms with Crippen LogP contribution in [0.4, 0.5) is 0 Å². The highest BCUT2D eigenvalue weighted by molar-refractivity contribution is 7.92. The van der Waals surface area contributed by atoms with E-state index in [0.29, 0.717) is 12.8 Å². The highest BCUT2D eigenvalue weighted by atomic mass is 32.2. The van der Waals surface area contributed by atoms with E-state index in [1.165, 1.54) is 7.11 Å². The minimum atomic E-state index is -3.49. The van der Waals surface area contributed by atoms with Gasteiger partial charge >= 0.3 is 5.97 Å². The van der Waals surface area contributed by atoms with Crippen LogP contribution in [0.5, 0.6) is 0 Å². The van der Waals surface area contributed by atoms with E-state index in [1.807, 2.05) is 0 Å². The fourth-order valence-electron chi connectivity index (χ4n) is 3.10. The molecule has 0 bridgehead atoms. The Kier molecular flexibility index (Phi) is 4.88. The van der Waals surface area contributed by atoms with Gasteiger partial charge in [-0.2, -0.15) is 0 Å². The molecule has 2 aliphatic rings. The van der Waals surface area contributed by atoms with Gasteiger partial charge in [0.25, 0.3) is 0 Å². The number of hydrogen-bond acceptors (Lipinski definition) is 5. The Morgan fingerprint density at radius 1 is 1.29 bits per heavy atom. The summed E-state index contributed by atoms with van der Waals surface area (Å²) < 4.78 is 29.5. The second-order valence-corrected chi connectivity index (χ2v) is 7.99. The van der Waals surface area contributed by atoms with Crippen LogP contribution in [0.1, 0.15) is 32.1 Å². The van der Waals surface area contributed by atoms with E-state index in [0.717, 1.165) is 17.7 Å². The molecule has 0 radical (unpaired) electrons. The lowest BCUT2D eigenvalue weighted by Gasteiger charge is -2.22. The number of carbonyl (C=O) groups excluding carboxylic acids is 1. The zero-order valence-electron chi connectivity index (χ0n) is 12.0. The lowest BCUT2D eigenvalue weighted by atomic mass is 10.2. The molecule has 21 heavy (non-hydrogen) atoms. The van der Waals surface area contributed by atoms with Crippen LogP contribution in [0.15, 0.2) is 0 Å². The Morgan fingerprint density at radius 3 is 2.43 bits per heavy atom. The quantitative estimate of drug-likeness (QED) is 0.768. The van der Waals surface area contributed by atoms with Crippen molar-refractivity contribution in [2.75, 3.05) is 19.4 Å². The van der Waals surface area contributed by atoms with E-state index in [9.17, 15) is 18.0 Å². The molecule has 1 aliphatic carbocycles. The number of aliphatic carboxylic acids is 1. The maximum absolute atomic E-state index is 12.2. The van der Waals surface area contributed by atoms with Gasteiger partial charge in [0, 0.05) is 20.1 Å². The van der Waals surface area contributed by atoms with Crippen LogP contribution in [-0.4, -0.2) is 67.1 Å². The largest absolute Gasteiger partial charge is 0.480 e. The summed E-state index contributed by atoms with van der Waals surface area (Å²) in [6.45, 7) is 0.131. The van der Waals surface area contributed by atoms with Crippen molar-refractivity contribution in [2.45, 2.75) is 49.5 Å². The third-order valence-electron chi connectivity index (χ3n) is 4.34. The molecule has 2 fully saturated rings. The lowest BCUT2D eigenvalue weighted by molar-refractivity contribution is -0.147. The molecule has 1 heterocycles. The van der Waals surface area contributed by atoms with E-state index < -0.39 is 38.8 Å². The third-order valence-corrected chi connectivity index (χ3v) is 6.47. The topological polar surface area (TPSA) is 101 Å². The Bertz CT molecular complexity index is 511. The van der Waals surface area contributed by atoms with Crippen molar-refractivity contribution >= 4 is 21.7 Å². The molecule has 7 nitrogen and oxygen atoms in total. The second-order valence-electron chi connectivity index (χ2n) is 5.71. The fraction of sp³-hybridized carbons (Fsp3) is 0.846. The van der Waals surface area contributed by atoms with E-state index in [-0.39, 0.29) is 19.1 Å². The summed E-state index contributed by atoms with van der Waals surface area (Å²) in [5.74, 6) is -2.35. The molecular weight excluding hydrogens is 298 g/mol. The third kappa shape index (κ3) is 3.55. The summed E-state index contributed by atoms with van der Waals surface area (Å²) in [6.07, 6.45) is 2.76. The van der Waals surface area contributed by atoms with Crippen LogP contribution in [0.3, 0.4) is 0 Å². The molecule has 1 saturated carbocycles. The van der Waals surface area contributed by atoms with Crippen LogP contribution in [0, 0.1) is 0 Å². The highest BCUT2D eigenvalue weighted by Crippen LogP contribution is 2.26.